The summed E-state index contributed by atoms with van der Waals surface area (Å²) in [5.41, 5.74) is 3.01. The van der Waals surface area contributed by atoms with Gasteiger partial charge in [0.25, 0.3) is 0 Å². The van der Waals surface area contributed by atoms with Crippen LogP contribution < -0.4 is 9.47 Å². The Labute approximate surface area is 118 Å². The summed E-state index contributed by atoms with van der Waals surface area (Å²) in [6.07, 6.45) is 0.523. The highest BCUT2D eigenvalue weighted by Gasteiger charge is 2.30. The van der Waals surface area contributed by atoms with Gasteiger partial charge in [-0.2, -0.15) is 0 Å². The van der Waals surface area contributed by atoms with Crippen molar-refractivity contribution in [3.8, 4) is 11.5 Å². The van der Waals surface area contributed by atoms with Crippen LogP contribution in [0.4, 0.5) is 0 Å². The van der Waals surface area contributed by atoms with E-state index >= 15 is 0 Å². The fourth-order valence-electron chi connectivity index (χ4n) is 2.75. The van der Waals surface area contributed by atoms with E-state index in [1.165, 1.54) is 0 Å². The Kier molecular flexibility index (Phi) is 3.18. The third kappa shape index (κ3) is 2.05. The summed E-state index contributed by atoms with van der Waals surface area (Å²) in [6.45, 7) is 0. The standard InChI is InChI=1S/C17H16O3/c1-19-12-5-3-11(4-6-12)15-10-17(18)16-9-13(20-2)7-8-14(15)16/h3-9,15H,10H2,1-2H3/t15-/m0/s1. The van der Waals surface area contributed by atoms with Crippen LogP contribution in [-0.2, 0) is 0 Å². The molecule has 102 valence electrons. The second-order valence-corrected chi connectivity index (χ2v) is 4.91. The molecule has 1 aliphatic carbocycles. The van der Waals surface area contributed by atoms with E-state index in [-0.39, 0.29) is 11.7 Å². The molecule has 0 unspecified atom stereocenters. The molecule has 0 amide bonds. The fourth-order valence-corrected chi connectivity index (χ4v) is 2.75. The van der Waals surface area contributed by atoms with Crippen LogP contribution >= 0.6 is 0 Å². The van der Waals surface area contributed by atoms with Gasteiger partial charge in [-0.3, -0.25) is 4.79 Å². The van der Waals surface area contributed by atoms with Gasteiger partial charge in [-0.15, -0.1) is 0 Å². The van der Waals surface area contributed by atoms with Crippen LogP contribution in [-0.4, -0.2) is 20.0 Å². The van der Waals surface area contributed by atoms with Crippen molar-refractivity contribution in [1.29, 1.82) is 0 Å². The molecule has 3 nitrogen and oxygen atoms in total. The zero-order chi connectivity index (χ0) is 14.1. The zero-order valence-corrected chi connectivity index (χ0v) is 11.6. The van der Waals surface area contributed by atoms with Crippen molar-refractivity contribution in [2.75, 3.05) is 14.2 Å². The lowest BCUT2D eigenvalue weighted by molar-refractivity contribution is 0.0991. The highest BCUT2D eigenvalue weighted by molar-refractivity contribution is 6.02. The molecule has 0 heterocycles. The number of carbonyl (C=O) groups excluding carboxylic acids is 1. The number of rotatable bonds is 3. The minimum Gasteiger partial charge on any atom is -0.497 e. The first-order valence-electron chi connectivity index (χ1n) is 6.58. The van der Waals surface area contributed by atoms with Crippen molar-refractivity contribution in [2.45, 2.75) is 12.3 Å². The first-order chi connectivity index (χ1) is 9.72. The molecule has 0 bridgehead atoms. The molecule has 2 aromatic rings. The summed E-state index contributed by atoms with van der Waals surface area (Å²) < 4.78 is 10.4. The number of ether oxygens (including phenoxy) is 2. The Hall–Kier alpha value is -2.29. The van der Waals surface area contributed by atoms with Gasteiger partial charge < -0.3 is 9.47 Å². The number of ketones is 1. The number of benzene rings is 2. The van der Waals surface area contributed by atoms with Gasteiger partial charge in [0.1, 0.15) is 11.5 Å². The summed E-state index contributed by atoms with van der Waals surface area (Å²) >= 11 is 0. The van der Waals surface area contributed by atoms with Gasteiger partial charge in [0.05, 0.1) is 14.2 Å². The largest absolute Gasteiger partial charge is 0.497 e. The molecule has 0 saturated carbocycles. The van der Waals surface area contributed by atoms with Crippen molar-refractivity contribution >= 4 is 5.78 Å². The zero-order valence-electron chi connectivity index (χ0n) is 11.6. The first-order valence-corrected chi connectivity index (χ1v) is 6.58. The highest BCUT2D eigenvalue weighted by atomic mass is 16.5. The summed E-state index contributed by atoms with van der Waals surface area (Å²) in [5.74, 6) is 1.87. The lowest BCUT2D eigenvalue weighted by Crippen LogP contribution is -1.97. The second kappa shape index (κ2) is 5.00. The molecule has 2 aromatic carbocycles. The minimum absolute atomic E-state index is 0.134. The Morgan fingerprint density at radius 2 is 1.60 bits per heavy atom. The first kappa shape index (κ1) is 12.7. The number of methoxy groups -OCH3 is 2. The summed E-state index contributed by atoms with van der Waals surface area (Å²) in [6, 6.07) is 13.7. The highest BCUT2D eigenvalue weighted by Crippen LogP contribution is 2.39. The third-order valence-electron chi connectivity index (χ3n) is 3.84. The molecule has 3 heteroatoms. The maximum Gasteiger partial charge on any atom is 0.164 e. The maximum atomic E-state index is 12.2. The van der Waals surface area contributed by atoms with Gasteiger partial charge in [-0.1, -0.05) is 18.2 Å². The number of fused-ring (bicyclic) bond motifs is 1. The molecule has 0 aliphatic heterocycles. The molecule has 3 rings (SSSR count). The van der Waals surface area contributed by atoms with E-state index in [4.69, 9.17) is 9.47 Å². The topological polar surface area (TPSA) is 35.5 Å². The van der Waals surface area contributed by atoms with Crippen LogP contribution in [0.1, 0.15) is 33.8 Å². The molecule has 1 aliphatic rings. The number of hydrogen-bond donors (Lipinski definition) is 0. The van der Waals surface area contributed by atoms with Crippen molar-refractivity contribution in [3.05, 3.63) is 59.2 Å². The molecule has 1 atom stereocenters. The second-order valence-electron chi connectivity index (χ2n) is 4.91. The van der Waals surface area contributed by atoms with Crippen LogP contribution in [0, 0.1) is 0 Å². The Bertz CT molecular complexity index is 644. The minimum atomic E-state index is 0.134. The molecule has 0 N–H and O–H groups in total. The van der Waals surface area contributed by atoms with E-state index in [1.807, 2.05) is 42.5 Å². The Morgan fingerprint density at radius 1 is 0.950 bits per heavy atom. The van der Waals surface area contributed by atoms with E-state index < -0.39 is 0 Å². The molecule has 0 aromatic heterocycles. The third-order valence-corrected chi connectivity index (χ3v) is 3.84. The van der Waals surface area contributed by atoms with Crippen LogP contribution in [0.25, 0.3) is 0 Å². The van der Waals surface area contributed by atoms with Crippen molar-refractivity contribution < 1.29 is 14.3 Å². The van der Waals surface area contributed by atoms with E-state index in [9.17, 15) is 4.79 Å². The van der Waals surface area contributed by atoms with Gasteiger partial charge in [0.15, 0.2) is 5.78 Å². The summed E-state index contributed by atoms with van der Waals surface area (Å²) in [7, 11) is 3.26. The molecule has 0 saturated heterocycles. The quantitative estimate of drug-likeness (QED) is 0.855. The lowest BCUT2D eigenvalue weighted by atomic mass is 9.93. The summed E-state index contributed by atoms with van der Waals surface area (Å²) in [5, 5.41) is 0. The van der Waals surface area contributed by atoms with Crippen LogP contribution in [0.15, 0.2) is 42.5 Å². The molecule has 0 fully saturated rings. The van der Waals surface area contributed by atoms with Gasteiger partial charge in [0, 0.05) is 17.9 Å². The SMILES string of the molecule is COc1ccc([C@@H]2CC(=O)c3cc(OC)ccc32)cc1. The number of hydrogen-bond acceptors (Lipinski definition) is 3. The molecule has 20 heavy (non-hydrogen) atoms. The van der Waals surface area contributed by atoms with E-state index in [0.717, 1.165) is 28.2 Å². The number of Topliss-reactive ketones (excluding diaryl/α,β-unsaturated/α-hetero) is 1. The van der Waals surface area contributed by atoms with Crippen molar-refractivity contribution in [2.24, 2.45) is 0 Å². The normalized spacial score (nSPS) is 16.9. The average molecular weight is 268 g/mol. The van der Waals surface area contributed by atoms with Gasteiger partial charge >= 0.3 is 0 Å². The number of carbonyl (C=O) groups is 1. The van der Waals surface area contributed by atoms with Crippen molar-refractivity contribution in [1.82, 2.24) is 0 Å². The smallest absolute Gasteiger partial charge is 0.164 e. The molecule has 0 radical (unpaired) electrons. The molecular formula is C17H16O3. The Morgan fingerprint density at radius 3 is 2.25 bits per heavy atom. The van der Waals surface area contributed by atoms with Crippen molar-refractivity contribution in [3.63, 3.8) is 0 Å². The molecular weight excluding hydrogens is 252 g/mol. The lowest BCUT2D eigenvalue weighted by Gasteiger charge is -2.12. The van der Waals surface area contributed by atoms with Gasteiger partial charge in [-0.25, -0.2) is 0 Å². The van der Waals surface area contributed by atoms with E-state index in [2.05, 4.69) is 0 Å². The predicted molar refractivity (Wildman–Crippen MR) is 76.8 cm³/mol. The van der Waals surface area contributed by atoms with Crippen LogP contribution in [0.5, 0.6) is 11.5 Å². The van der Waals surface area contributed by atoms with Gasteiger partial charge in [0.2, 0.25) is 0 Å². The summed E-state index contributed by atoms with van der Waals surface area (Å²) in [4.78, 5) is 12.2. The fraction of sp³-hybridized carbons (Fsp3) is 0.235. The molecule has 0 spiro atoms. The predicted octanol–water partition coefficient (Wildman–Crippen LogP) is 3.42. The van der Waals surface area contributed by atoms with E-state index in [1.54, 1.807) is 14.2 Å². The average Bonchev–Trinajstić information content (AvgIpc) is 2.84. The van der Waals surface area contributed by atoms with Crippen LogP contribution in [0.3, 0.4) is 0 Å². The Balaban J connectivity index is 1.99. The van der Waals surface area contributed by atoms with Gasteiger partial charge in [-0.05, 0) is 35.4 Å². The van der Waals surface area contributed by atoms with E-state index in [0.29, 0.717) is 6.42 Å². The van der Waals surface area contributed by atoms with Crippen LogP contribution in [0.2, 0.25) is 0 Å². The maximum absolute atomic E-state index is 12.2. The monoisotopic (exact) mass is 268 g/mol.